The highest BCUT2D eigenvalue weighted by Crippen LogP contribution is 2.37. The lowest BCUT2D eigenvalue weighted by Gasteiger charge is -2.24. The molecule has 1 aliphatic heterocycles. The Kier molecular flexibility index (Phi) is 5.82. The van der Waals surface area contributed by atoms with Crippen molar-refractivity contribution in [2.75, 3.05) is 0 Å². The van der Waals surface area contributed by atoms with Crippen molar-refractivity contribution >= 4 is 23.4 Å². The van der Waals surface area contributed by atoms with Crippen LogP contribution < -0.4 is 0 Å². The summed E-state index contributed by atoms with van der Waals surface area (Å²) in [6.07, 6.45) is 1.61. The molecule has 2 N–H and O–H groups in total. The number of aromatic hydroxyl groups is 1. The maximum Gasteiger partial charge on any atom is 0.262 e. The maximum absolute atomic E-state index is 10.1. The molecule has 166 valence electrons. The number of amidine groups is 1. The van der Waals surface area contributed by atoms with Gasteiger partial charge in [0, 0.05) is 28.5 Å². The molecule has 4 aromatic rings. The summed E-state index contributed by atoms with van der Waals surface area (Å²) < 4.78 is 0. The SMILES string of the molecule is OOC1(c2ccccc2)N=C(c2ccc(N=Cc3ccccc3O)cc2)N=C1c1ccccc1. The molecule has 1 unspecified atom stereocenters. The number of nitrogens with zero attached hydrogens (tertiary/aromatic N) is 3. The van der Waals surface area contributed by atoms with E-state index < -0.39 is 5.72 Å². The van der Waals surface area contributed by atoms with Crippen LogP contribution in [0.4, 0.5) is 5.69 Å². The van der Waals surface area contributed by atoms with Gasteiger partial charge in [0.05, 0.1) is 5.69 Å². The van der Waals surface area contributed by atoms with Crippen molar-refractivity contribution in [1.82, 2.24) is 0 Å². The zero-order valence-corrected chi connectivity index (χ0v) is 18.1. The second kappa shape index (κ2) is 9.23. The quantitative estimate of drug-likeness (QED) is 0.225. The van der Waals surface area contributed by atoms with Crippen LogP contribution in [0.2, 0.25) is 0 Å². The molecule has 1 heterocycles. The van der Waals surface area contributed by atoms with Crippen LogP contribution in [-0.2, 0) is 10.6 Å². The van der Waals surface area contributed by atoms with Crippen molar-refractivity contribution in [3.05, 3.63) is 131 Å². The number of aliphatic imine (C=N–C) groups is 3. The number of phenols is 1. The van der Waals surface area contributed by atoms with Crippen LogP contribution in [0.1, 0.15) is 22.3 Å². The Morgan fingerprint density at radius 3 is 2.06 bits per heavy atom. The van der Waals surface area contributed by atoms with Crippen molar-refractivity contribution in [3.8, 4) is 5.75 Å². The lowest BCUT2D eigenvalue weighted by Crippen LogP contribution is -2.34. The molecule has 0 aliphatic carbocycles. The van der Waals surface area contributed by atoms with Gasteiger partial charge in [0.2, 0.25) is 0 Å². The van der Waals surface area contributed by atoms with Gasteiger partial charge in [0.15, 0.2) is 5.84 Å². The van der Waals surface area contributed by atoms with Gasteiger partial charge in [0.25, 0.3) is 5.72 Å². The summed E-state index contributed by atoms with van der Waals surface area (Å²) in [7, 11) is 0. The number of phenolic OH excluding ortho intramolecular Hbond substituents is 1. The first-order valence-corrected chi connectivity index (χ1v) is 10.7. The van der Waals surface area contributed by atoms with E-state index in [1.165, 1.54) is 0 Å². The molecular formula is C28H21N3O3. The second-order valence-electron chi connectivity index (χ2n) is 7.73. The van der Waals surface area contributed by atoms with Gasteiger partial charge >= 0.3 is 0 Å². The molecule has 0 saturated carbocycles. The van der Waals surface area contributed by atoms with Crippen molar-refractivity contribution in [2.24, 2.45) is 15.0 Å². The first kappa shape index (κ1) is 21.5. The summed E-state index contributed by atoms with van der Waals surface area (Å²) in [6, 6.07) is 33.3. The third-order valence-electron chi connectivity index (χ3n) is 5.56. The van der Waals surface area contributed by atoms with Gasteiger partial charge in [-0.3, -0.25) is 4.99 Å². The molecule has 0 fully saturated rings. The van der Waals surface area contributed by atoms with Gasteiger partial charge in [0.1, 0.15) is 11.5 Å². The number of hydrogen-bond acceptors (Lipinski definition) is 6. The highest BCUT2D eigenvalue weighted by molar-refractivity contribution is 6.20. The van der Waals surface area contributed by atoms with E-state index >= 15 is 0 Å². The Balaban J connectivity index is 1.52. The largest absolute Gasteiger partial charge is 0.507 e. The Labute approximate surface area is 196 Å². The Morgan fingerprint density at radius 1 is 0.735 bits per heavy atom. The van der Waals surface area contributed by atoms with Crippen LogP contribution in [0.25, 0.3) is 0 Å². The zero-order valence-electron chi connectivity index (χ0n) is 18.1. The predicted octanol–water partition coefficient (Wildman–Crippen LogP) is 5.73. The molecule has 0 radical (unpaired) electrons. The van der Waals surface area contributed by atoms with E-state index in [-0.39, 0.29) is 5.75 Å². The lowest BCUT2D eigenvalue weighted by atomic mass is 9.93. The van der Waals surface area contributed by atoms with Crippen LogP contribution in [0.3, 0.4) is 0 Å². The predicted molar refractivity (Wildman–Crippen MR) is 133 cm³/mol. The topological polar surface area (TPSA) is 86.8 Å². The van der Waals surface area contributed by atoms with Crippen molar-refractivity contribution in [2.45, 2.75) is 5.72 Å². The molecule has 0 aromatic heterocycles. The molecule has 5 rings (SSSR count). The summed E-state index contributed by atoms with van der Waals surface area (Å²) in [5.41, 5.74) is 2.59. The Morgan fingerprint density at radius 2 is 1.38 bits per heavy atom. The Bertz CT molecular complexity index is 1380. The molecule has 1 aliphatic rings. The molecule has 6 nitrogen and oxygen atoms in total. The van der Waals surface area contributed by atoms with Gasteiger partial charge in [-0.1, -0.05) is 72.8 Å². The standard InChI is InChI=1S/C28H21N3O3/c32-25-14-8-7-11-22(25)19-29-24-17-15-21(16-18-24)27-30-26(20-9-3-1-4-10-20)28(31-27,34-33)23-12-5-2-6-13-23/h1-19,32-33H. The van der Waals surface area contributed by atoms with E-state index in [4.69, 9.17) is 14.9 Å². The zero-order chi connectivity index (χ0) is 23.4. The highest BCUT2D eigenvalue weighted by Gasteiger charge is 2.45. The molecule has 1 atom stereocenters. The number of hydrogen-bond donors (Lipinski definition) is 2. The summed E-state index contributed by atoms with van der Waals surface area (Å²) >= 11 is 0. The van der Waals surface area contributed by atoms with E-state index in [9.17, 15) is 10.4 Å². The molecule has 0 saturated heterocycles. The van der Waals surface area contributed by atoms with Gasteiger partial charge in [-0.05, 0) is 36.4 Å². The monoisotopic (exact) mass is 447 g/mol. The minimum atomic E-state index is -1.47. The molecule has 6 heteroatoms. The third-order valence-corrected chi connectivity index (χ3v) is 5.56. The minimum absolute atomic E-state index is 0.173. The van der Waals surface area contributed by atoms with Crippen molar-refractivity contribution in [3.63, 3.8) is 0 Å². The fraction of sp³-hybridized carbons (Fsp3) is 0.0357. The van der Waals surface area contributed by atoms with Crippen LogP contribution in [-0.4, -0.2) is 28.1 Å². The Hall–Kier alpha value is -4.39. The van der Waals surface area contributed by atoms with Gasteiger partial charge in [-0.2, -0.15) is 4.89 Å². The van der Waals surface area contributed by atoms with E-state index in [0.717, 1.165) is 11.1 Å². The summed E-state index contributed by atoms with van der Waals surface area (Å²) in [6.45, 7) is 0. The van der Waals surface area contributed by atoms with Crippen LogP contribution in [0, 0.1) is 0 Å². The van der Waals surface area contributed by atoms with E-state index in [2.05, 4.69) is 4.99 Å². The molecule has 0 amide bonds. The normalized spacial score (nSPS) is 17.6. The number of para-hydroxylation sites is 1. The van der Waals surface area contributed by atoms with Crippen molar-refractivity contribution in [1.29, 1.82) is 0 Å². The molecule has 4 aromatic carbocycles. The summed E-state index contributed by atoms with van der Waals surface area (Å²) in [4.78, 5) is 19.0. The summed E-state index contributed by atoms with van der Waals surface area (Å²) in [5, 5.41) is 20.0. The molecule has 34 heavy (non-hydrogen) atoms. The van der Waals surface area contributed by atoms with Crippen LogP contribution in [0.5, 0.6) is 5.75 Å². The fourth-order valence-electron chi connectivity index (χ4n) is 3.81. The maximum atomic E-state index is 10.1. The average Bonchev–Trinajstić information content (AvgIpc) is 3.31. The first-order valence-electron chi connectivity index (χ1n) is 10.7. The molecule has 0 spiro atoms. The van der Waals surface area contributed by atoms with Crippen LogP contribution in [0.15, 0.2) is 124 Å². The van der Waals surface area contributed by atoms with Crippen molar-refractivity contribution < 1.29 is 15.3 Å². The van der Waals surface area contributed by atoms with E-state index in [1.54, 1.807) is 24.4 Å². The molecular weight excluding hydrogens is 426 g/mol. The second-order valence-corrected chi connectivity index (χ2v) is 7.73. The number of rotatable bonds is 6. The lowest BCUT2D eigenvalue weighted by molar-refractivity contribution is -0.302. The minimum Gasteiger partial charge on any atom is -0.507 e. The fourth-order valence-corrected chi connectivity index (χ4v) is 3.81. The van der Waals surface area contributed by atoms with Gasteiger partial charge in [-0.15, -0.1) is 0 Å². The third kappa shape index (κ3) is 4.03. The average molecular weight is 447 g/mol. The van der Waals surface area contributed by atoms with E-state index in [1.807, 2.05) is 91.0 Å². The highest BCUT2D eigenvalue weighted by atomic mass is 17.1. The number of benzene rings is 4. The van der Waals surface area contributed by atoms with Gasteiger partial charge in [-0.25, -0.2) is 15.2 Å². The first-order chi connectivity index (χ1) is 16.7. The summed E-state index contributed by atoms with van der Waals surface area (Å²) in [5.74, 6) is 0.611. The van der Waals surface area contributed by atoms with E-state index in [0.29, 0.717) is 28.4 Å². The van der Waals surface area contributed by atoms with Crippen LogP contribution >= 0.6 is 0 Å². The smallest absolute Gasteiger partial charge is 0.262 e. The van der Waals surface area contributed by atoms with Gasteiger partial charge < -0.3 is 5.11 Å². The molecule has 0 bridgehead atoms.